The van der Waals surface area contributed by atoms with E-state index < -0.39 is 5.41 Å². The Balaban J connectivity index is 2.02. The summed E-state index contributed by atoms with van der Waals surface area (Å²) >= 11 is 0. The summed E-state index contributed by atoms with van der Waals surface area (Å²) in [6.45, 7) is 7.68. The minimum atomic E-state index is -0.586. The fourth-order valence-corrected chi connectivity index (χ4v) is 3.94. The van der Waals surface area contributed by atoms with Crippen LogP contribution in [0.2, 0.25) is 0 Å². The molecule has 1 saturated carbocycles. The monoisotopic (exact) mass is 366 g/mol. The standard InChI is InChI=1S/C22H26N2O3/c1-4-8-14-11-12-16(25)13-17(14)18-19(26)23-21(24-20(18)27)22(2,3)15-9-6-5-7-10-15/h4-7,9-10,14,17H,1,8,11-13H2,2-3H3,(H2,23,24,26,27). The molecule has 1 fully saturated rings. The summed E-state index contributed by atoms with van der Waals surface area (Å²) in [6, 6.07) is 9.71. The predicted octanol–water partition coefficient (Wildman–Crippen LogP) is 4.24. The molecule has 1 heterocycles. The Kier molecular flexibility index (Phi) is 5.31. The lowest BCUT2D eigenvalue weighted by Crippen LogP contribution is -2.26. The molecular formula is C22H26N2O3. The zero-order valence-corrected chi connectivity index (χ0v) is 15.9. The number of rotatable bonds is 5. The summed E-state index contributed by atoms with van der Waals surface area (Å²) in [7, 11) is 0. The van der Waals surface area contributed by atoms with Crippen molar-refractivity contribution in [2.45, 2.75) is 50.9 Å². The van der Waals surface area contributed by atoms with Gasteiger partial charge in [0.25, 0.3) is 0 Å². The number of allylic oxidation sites excluding steroid dienone is 1. The first kappa shape index (κ1) is 19.1. The maximum atomic E-state index is 12.0. The molecule has 1 aliphatic carbocycles. The molecule has 0 saturated heterocycles. The minimum absolute atomic E-state index is 0.132. The van der Waals surface area contributed by atoms with Crippen molar-refractivity contribution in [3.63, 3.8) is 0 Å². The zero-order valence-electron chi connectivity index (χ0n) is 15.9. The fraction of sp³-hybridized carbons (Fsp3) is 0.409. The summed E-state index contributed by atoms with van der Waals surface area (Å²) in [4.78, 5) is 20.6. The van der Waals surface area contributed by atoms with Crippen molar-refractivity contribution in [3.8, 4) is 11.8 Å². The smallest absolute Gasteiger partial charge is 0.221 e. The summed E-state index contributed by atoms with van der Waals surface area (Å²) in [5.74, 6) is -0.167. The number of aromatic hydroxyl groups is 2. The number of ketones is 1. The molecule has 2 unspecified atom stereocenters. The molecule has 2 aromatic rings. The van der Waals surface area contributed by atoms with Crippen LogP contribution < -0.4 is 0 Å². The molecule has 27 heavy (non-hydrogen) atoms. The van der Waals surface area contributed by atoms with E-state index in [1.54, 1.807) is 0 Å². The number of carbonyl (C=O) groups excluding carboxylic acids is 1. The van der Waals surface area contributed by atoms with Crippen molar-refractivity contribution >= 4 is 5.78 Å². The number of nitrogens with zero attached hydrogens (tertiary/aromatic N) is 2. The minimum Gasteiger partial charge on any atom is -0.493 e. The molecule has 0 aliphatic heterocycles. The first-order chi connectivity index (χ1) is 12.8. The molecule has 1 aliphatic rings. The van der Waals surface area contributed by atoms with Crippen LogP contribution >= 0.6 is 0 Å². The third kappa shape index (κ3) is 3.72. The maximum Gasteiger partial charge on any atom is 0.221 e. The number of benzene rings is 1. The quantitative estimate of drug-likeness (QED) is 0.773. The van der Waals surface area contributed by atoms with Crippen LogP contribution in [0.5, 0.6) is 11.8 Å². The Morgan fingerprint density at radius 3 is 2.41 bits per heavy atom. The van der Waals surface area contributed by atoms with Gasteiger partial charge in [-0.05, 0) is 38.2 Å². The number of Topliss-reactive ketones (excluding diaryl/α,β-unsaturated/α-hetero) is 1. The van der Waals surface area contributed by atoms with Crippen molar-refractivity contribution < 1.29 is 15.0 Å². The van der Waals surface area contributed by atoms with Crippen LogP contribution in [0.1, 0.15) is 62.4 Å². The lowest BCUT2D eigenvalue weighted by atomic mass is 9.73. The van der Waals surface area contributed by atoms with E-state index in [9.17, 15) is 15.0 Å². The highest BCUT2D eigenvalue weighted by Gasteiger charge is 2.36. The second-order valence-corrected chi connectivity index (χ2v) is 7.77. The van der Waals surface area contributed by atoms with Gasteiger partial charge < -0.3 is 10.2 Å². The lowest BCUT2D eigenvalue weighted by Gasteiger charge is -2.31. The Bertz CT molecular complexity index is 823. The van der Waals surface area contributed by atoms with E-state index in [1.165, 1.54) is 0 Å². The number of aromatic nitrogens is 2. The van der Waals surface area contributed by atoms with Crippen molar-refractivity contribution in [3.05, 3.63) is 59.9 Å². The Hall–Kier alpha value is -2.69. The van der Waals surface area contributed by atoms with E-state index in [0.29, 0.717) is 25.1 Å². The highest BCUT2D eigenvalue weighted by molar-refractivity contribution is 5.80. The molecule has 5 nitrogen and oxygen atoms in total. The lowest BCUT2D eigenvalue weighted by molar-refractivity contribution is -0.121. The average molecular weight is 366 g/mol. The van der Waals surface area contributed by atoms with Crippen LogP contribution in [0.15, 0.2) is 43.0 Å². The number of hydrogen-bond donors (Lipinski definition) is 2. The molecule has 2 atom stereocenters. The van der Waals surface area contributed by atoms with Gasteiger partial charge in [0.15, 0.2) is 0 Å². The van der Waals surface area contributed by atoms with Crippen LogP contribution in [-0.2, 0) is 10.2 Å². The Morgan fingerprint density at radius 2 is 1.81 bits per heavy atom. The first-order valence-corrected chi connectivity index (χ1v) is 9.33. The van der Waals surface area contributed by atoms with Gasteiger partial charge in [0.1, 0.15) is 11.6 Å². The second-order valence-electron chi connectivity index (χ2n) is 7.77. The van der Waals surface area contributed by atoms with E-state index in [4.69, 9.17) is 0 Å². The van der Waals surface area contributed by atoms with E-state index in [-0.39, 0.29) is 41.4 Å². The molecule has 142 valence electrons. The molecule has 5 heteroatoms. The van der Waals surface area contributed by atoms with Crippen LogP contribution in [0.4, 0.5) is 0 Å². The van der Waals surface area contributed by atoms with E-state index >= 15 is 0 Å². The predicted molar refractivity (Wildman–Crippen MR) is 104 cm³/mol. The van der Waals surface area contributed by atoms with Crippen LogP contribution in [0.25, 0.3) is 0 Å². The van der Waals surface area contributed by atoms with Crippen LogP contribution in [0.3, 0.4) is 0 Å². The summed E-state index contributed by atoms with van der Waals surface area (Å²) < 4.78 is 0. The van der Waals surface area contributed by atoms with Gasteiger partial charge in [-0.2, -0.15) is 9.97 Å². The number of hydrogen-bond acceptors (Lipinski definition) is 5. The number of carbonyl (C=O) groups is 1. The van der Waals surface area contributed by atoms with E-state index in [1.807, 2.05) is 50.3 Å². The van der Waals surface area contributed by atoms with Crippen molar-refractivity contribution in [1.82, 2.24) is 9.97 Å². The molecule has 1 aromatic heterocycles. The molecule has 3 rings (SSSR count). The first-order valence-electron chi connectivity index (χ1n) is 9.33. The average Bonchev–Trinajstić information content (AvgIpc) is 2.64. The summed E-state index contributed by atoms with van der Waals surface area (Å²) in [5.41, 5.74) is 0.675. The molecular weight excluding hydrogens is 340 g/mol. The van der Waals surface area contributed by atoms with Gasteiger partial charge >= 0.3 is 0 Å². The highest BCUT2D eigenvalue weighted by atomic mass is 16.3. The Labute approximate surface area is 159 Å². The Morgan fingerprint density at radius 1 is 1.19 bits per heavy atom. The zero-order chi connectivity index (χ0) is 19.6. The van der Waals surface area contributed by atoms with Gasteiger partial charge in [0, 0.05) is 24.2 Å². The third-order valence-corrected chi connectivity index (χ3v) is 5.61. The topological polar surface area (TPSA) is 83.3 Å². The van der Waals surface area contributed by atoms with Crippen molar-refractivity contribution in [2.75, 3.05) is 0 Å². The third-order valence-electron chi connectivity index (χ3n) is 5.61. The second kappa shape index (κ2) is 7.51. The summed E-state index contributed by atoms with van der Waals surface area (Å²) in [5, 5.41) is 21.3. The van der Waals surface area contributed by atoms with Crippen molar-refractivity contribution in [1.29, 1.82) is 0 Å². The molecule has 0 bridgehead atoms. The maximum absolute atomic E-state index is 12.0. The molecule has 0 spiro atoms. The van der Waals surface area contributed by atoms with E-state index in [2.05, 4.69) is 16.5 Å². The van der Waals surface area contributed by atoms with Crippen LogP contribution in [-0.4, -0.2) is 26.0 Å². The van der Waals surface area contributed by atoms with Gasteiger partial charge in [0.2, 0.25) is 11.8 Å². The fourth-order valence-electron chi connectivity index (χ4n) is 3.94. The largest absolute Gasteiger partial charge is 0.493 e. The van der Waals surface area contributed by atoms with Crippen molar-refractivity contribution in [2.24, 2.45) is 5.92 Å². The molecule has 0 amide bonds. The molecule has 2 N–H and O–H groups in total. The highest BCUT2D eigenvalue weighted by Crippen LogP contribution is 2.45. The molecule has 1 aromatic carbocycles. The summed E-state index contributed by atoms with van der Waals surface area (Å²) in [6.07, 6.45) is 4.05. The van der Waals surface area contributed by atoms with Gasteiger partial charge in [-0.1, -0.05) is 36.4 Å². The SMILES string of the molecule is C=CCC1CCC(=O)CC1c1c(O)nc(C(C)(C)c2ccccc2)nc1O. The van der Waals surface area contributed by atoms with Crippen LogP contribution in [0, 0.1) is 5.92 Å². The van der Waals surface area contributed by atoms with Gasteiger partial charge in [-0.25, -0.2) is 0 Å². The molecule has 0 radical (unpaired) electrons. The van der Waals surface area contributed by atoms with Gasteiger partial charge in [-0.15, -0.1) is 6.58 Å². The van der Waals surface area contributed by atoms with Gasteiger partial charge in [0.05, 0.1) is 5.56 Å². The van der Waals surface area contributed by atoms with Gasteiger partial charge in [-0.3, -0.25) is 4.79 Å². The normalized spacial score (nSPS) is 20.4. The van der Waals surface area contributed by atoms with E-state index in [0.717, 1.165) is 5.56 Å².